The molecule has 16 heavy (non-hydrogen) atoms. The minimum Gasteiger partial charge on any atom is -0.497 e. The van der Waals surface area contributed by atoms with Gasteiger partial charge in [0.2, 0.25) is 0 Å². The molecule has 2 rings (SSSR count). The Hall–Kier alpha value is -0.500. The largest absolute Gasteiger partial charge is 0.497 e. The monoisotopic (exact) mass is 223 g/mol. The Balaban J connectivity index is 2.10. The van der Waals surface area contributed by atoms with E-state index in [1.165, 1.54) is 50.7 Å². The molecule has 0 aromatic heterocycles. The van der Waals surface area contributed by atoms with Crippen LogP contribution in [-0.4, -0.2) is 19.7 Å². The lowest BCUT2D eigenvalue weighted by molar-refractivity contribution is 0.0947. The number of rotatable bonds is 3. The highest BCUT2D eigenvalue weighted by atomic mass is 16.5. The standard InChI is InChI=1S/C14H25NO/c1-14(9-5-3-6-10-14)13(15-2)12-8-4-7-11-16-12/h8,13,15H,3-7,9-11H2,1-2H3. The van der Waals surface area contributed by atoms with Crippen LogP contribution in [0.1, 0.15) is 51.9 Å². The summed E-state index contributed by atoms with van der Waals surface area (Å²) in [4.78, 5) is 0. The average molecular weight is 223 g/mol. The molecule has 0 spiro atoms. The highest BCUT2D eigenvalue weighted by Crippen LogP contribution is 2.41. The quantitative estimate of drug-likeness (QED) is 0.793. The Morgan fingerprint density at radius 2 is 2.00 bits per heavy atom. The molecule has 1 unspecified atom stereocenters. The van der Waals surface area contributed by atoms with Crippen LogP contribution in [0.3, 0.4) is 0 Å². The third-order valence-electron chi connectivity index (χ3n) is 4.23. The molecule has 2 heteroatoms. The van der Waals surface area contributed by atoms with Crippen molar-refractivity contribution in [1.29, 1.82) is 0 Å². The highest BCUT2D eigenvalue weighted by molar-refractivity contribution is 5.11. The molecule has 0 aromatic carbocycles. The maximum Gasteiger partial charge on any atom is 0.109 e. The third-order valence-corrected chi connectivity index (χ3v) is 4.23. The zero-order valence-electron chi connectivity index (χ0n) is 10.7. The molecule has 2 nitrogen and oxygen atoms in total. The molecule has 92 valence electrons. The maximum absolute atomic E-state index is 5.85. The Bertz CT molecular complexity index is 253. The number of hydrogen-bond acceptors (Lipinski definition) is 2. The summed E-state index contributed by atoms with van der Waals surface area (Å²) in [6.45, 7) is 3.33. The van der Waals surface area contributed by atoms with Crippen LogP contribution in [0.25, 0.3) is 0 Å². The lowest BCUT2D eigenvalue weighted by Crippen LogP contribution is -2.45. The lowest BCUT2D eigenvalue weighted by Gasteiger charge is -2.42. The summed E-state index contributed by atoms with van der Waals surface area (Å²) in [7, 11) is 2.07. The summed E-state index contributed by atoms with van der Waals surface area (Å²) < 4.78 is 5.85. The van der Waals surface area contributed by atoms with Gasteiger partial charge in [-0.15, -0.1) is 0 Å². The van der Waals surface area contributed by atoms with E-state index in [1.54, 1.807) is 0 Å². The van der Waals surface area contributed by atoms with Crippen LogP contribution >= 0.6 is 0 Å². The zero-order chi connectivity index (χ0) is 11.4. The van der Waals surface area contributed by atoms with E-state index in [2.05, 4.69) is 25.4 Å². The van der Waals surface area contributed by atoms with Crippen LogP contribution in [0, 0.1) is 5.41 Å². The summed E-state index contributed by atoms with van der Waals surface area (Å²) in [6.07, 6.45) is 11.5. The fourth-order valence-corrected chi connectivity index (χ4v) is 3.26. The molecule has 1 N–H and O–H groups in total. The molecular weight excluding hydrogens is 198 g/mol. The van der Waals surface area contributed by atoms with Gasteiger partial charge < -0.3 is 10.1 Å². The molecule has 0 radical (unpaired) electrons. The molecule has 1 aliphatic carbocycles. The van der Waals surface area contributed by atoms with Crippen LogP contribution in [0.4, 0.5) is 0 Å². The minimum absolute atomic E-state index is 0.399. The van der Waals surface area contributed by atoms with Crippen molar-refractivity contribution >= 4 is 0 Å². The van der Waals surface area contributed by atoms with Gasteiger partial charge in [0.1, 0.15) is 5.76 Å². The van der Waals surface area contributed by atoms with E-state index >= 15 is 0 Å². The first kappa shape index (κ1) is 12.0. The molecular formula is C14H25NO. The van der Waals surface area contributed by atoms with E-state index < -0.39 is 0 Å². The van der Waals surface area contributed by atoms with Gasteiger partial charge in [0.15, 0.2) is 0 Å². The molecule has 0 amide bonds. The molecule has 1 atom stereocenters. The van der Waals surface area contributed by atoms with Gasteiger partial charge in [-0.25, -0.2) is 0 Å². The van der Waals surface area contributed by atoms with Gasteiger partial charge in [-0.2, -0.15) is 0 Å². The Morgan fingerprint density at radius 1 is 1.25 bits per heavy atom. The van der Waals surface area contributed by atoms with Crippen molar-refractivity contribution in [3.63, 3.8) is 0 Å². The molecule has 1 aliphatic heterocycles. The average Bonchev–Trinajstić information content (AvgIpc) is 2.32. The molecule has 0 saturated heterocycles. The lowest BCUT2D eigenvalue weighted by atomic mass is 9.69. The van der Waals surface area contributed by atoms with Crippen LogP contribution in [-0.2, 0) is 4.74 Å². The molecule has 1 heterocycles. The second-order valence-electron chi connectivity index (χ2n) is 5.53. The summed E-state index contributed by atoms with van der Waals surface area (Å²) >= 11 is 0. The number of allylic oxidation sites excluding steroid dienone is 1. The molecule has 0 bridgehead atoms. The number of nitrogens with one attached hydrogen (secondary N) is 1. The number of hydrogen-bond donors (Lipinski definition) is 1. The topological polar surface area (TPSA) is 21.3 Å². The van der Waals surface area contributed by atoms with Crippen LogP contribution in [0.5, 0.6) is 0 Å². The fourth-order valence-electron chi connectivity index (χ4n) is 3.26. The van der Waals surface area contributed by atoms with Gasteiger partial charge >= 0.3 is 0 Å². The smallest absolute Gasteiger partial charge is 0.109 e. The zero-order valence-corrected chi connectivity index (χ0v) is 10.7. The minimum atomic E-state index is 0.399. The SMILES string of the molecule is CNC(C1=CCCCO1)C1(C)CCCCC1. The third kappa shape index (κ3) is 2.42. The van der Waals surface area contributed by atoms with Gasteiger partial charge in [0.25, 0.3) is 0 Å². The van der Waals surface area contributed by atoms with Crippen LogP contribution in [0.15, 0.2) is 11.8 Å². The van der Waals surface area contributed by atoms with Crippen molar-refractivity contribution in [2.45, 2.75) is 57.9 Å². The highest BCUT2D eigenvalue weighted by Gasteiger charge is 2.37. The van der Waals surface area contributed by atoms with Crippen LogP contribution < -0.4 is 5.32 Å². The second kappa shape index (κ2) is 5.22. The van der Waals surface area contributed by atoms with Gasteiger partial charge in [-0.1, -0.05) is 26.2 Å². The van der Waals surface area contributed by atoms with E-state index in [-0.39, 0.29) is 0 Å². The molecule has 1 saturated carbocycles. The first-order chi connectivity index (χ1) is 7.76. The van der Waals surface area contributed by atoms with Gasteiger partial charge in [-0.3, -0.25) is 0 Å². The fraction of sp³-hybridized carbons (Fsp3) is 0.857. The van der Waals surface area contributed by atoms with E-state index in [0.29, 0.717) is 11.5 Å². The number of likely N-dealkylation sites (N-methyl/N-ethyl adjacent to an activating group) is 1. The van der Waals surface area contributed by atoms with Gasteiger partial charge in [-0.05, 0) is 44.2 Å². The predicted molar refractivity (Wildman–Crippen MR) is 67.3 cm³/mol. The van der Waals surface area contributed by atoms with Gasteiger partial charge in [0, 0.05) is 0 Å². The molecule has 2 aliphatic rings. The normalized spacial score (nSPS) is 26.8. The summed E-state index contributed by atoms with van der Waals surface area (Å²) in [6, 6.07) is 0.424. The van der Waals surface area contributed by atoms with E-state index in [1.807, 2.05) is 0 Å². The summed E-state index contributed by atoms with van der Waals surface area (Å²) in [5.74, 6) is 1.21. The van der Waals surface area contributed by atoms with Crippen molar-refractivity contribution in [2.24, 2.45) is 5.41 Å². The van der Waals surface area contributed by atoms with Crippen molar-refractivity contribution in [3.8, 4) is 0 Å². The van der Waals surface area contributed by atoms with Crippen molar-refractivity contribution in [2.75, 3.05) is 13.7 Å². The Kier molecular flexibility index (Phi) is 3.91. The summed E-state index contributed by atoms with van der Waals surface area (Å²) in [5.41, 5.74) is 0.399. The van der Waals surface area contributed by atoms with Crippen molar-refractivity contribution < 1.29 is 4.74 Å². The molecule has 1 fully saturated rings. The Morgan fingerprint density at radius 3 is 2.56 bits per heavy atom. The predicted octanol–water partition coefficient (Wildman–Crippen LogP) is 3.24. The first-order valence-electron chi connectivity index (χ1n) is 6.76. The number of ether oxygens (including phenoxy) is 1. The van der Waals surface area contributed by atoms with Gasteiger partial charge in [0.05, 0.1) is 12.6 Å². The maximum atomic E-state index is 5.85. The van der Waals surface area contributed by atoms with Crippen LogP contribution in [0.2, 0.25) is 0 Å². The van der Waals surface area contributed by atoms with E-state index in [9.17, 15) is 0 Å². The second-order valence-corrected chi connectivity index (χ2v) is 5.53. The molecule has 0 aromatic rings. The Labute approximate surface area is 99.4 Å². The summed E-state index contributed by atoms with van der Waals surface area (Å²) in [5, 5.41) is 3.49. The van der Waals surface area contributed by atoms with E-state index in [0.717, 1.165) is 6.61 Å². The first-order valence-corrected chi connectivity index (χ1v) is 6.76. The van der Waals surface area contributed by atoms with Crippen molar-refractivity contribution in [1.82, 2.24) is 5.32 Å². The van der Waals surface area contributed by atoms with E-state index in [4.69, 9.17) is 4.74 Å². The van der Waals surface area contributed by atoms with Crippen molar-refractivity contribution in [3.05, 3.63) is 11.8 Å².